The third kappa shape index (κ3) is 1.66. The molecule has 0 aliphatic heterocycles. The van der Waals surface area contributed by atoms with E-state index in [1.54, 1.807) is 0 Å². The molecule has 0 atom stereocenters. The number of aliphatic hydroxyl groups excluding tert-OH is 1. The molecule has 90 valence electrons. The Morgan fingerprint density at radius 1 is 0.824 bits per heavy atom. The fourth-order valence-corrected chi connectivity index (χ4v) is 2.71. The van der Waals surface area contributed by atoms with Gasteiger partial charge in [-0.05, 0) is 78.8 Å². The average Bonchev–Trinajstić information content (AvgIpc) is 2.30. The summed E-state index contributed by atoms with van der Waals surface area (Å²) in [5.74, 6) is 0. The van der Waals surface area contributed by atoms with Gasteiger partial charge in [0, 0.05) is 0 Å². The van der Waals surface area contributed by atoms with Crippen molar-refractivity contribution >= 4 is 10.8 Å². The van der Waals surface area contributed by atoms with Gasteiger partial charge in [0.25, 0.3) is 0 Å². The summed E-state index contributed by atoms with van der Waals surface area (Å²) >= 11 is 0. The first-order chi connectivity index (χ1) is 7.99. The Morgan fingerprint density at radius 2 is 1.47 bits per heavy atom. The predicted molar refractivity (Wildman–Crippen MR) is 73.6 cm³/mol. The summed E-state index contributed by atoms with van der Waals surface area (Å²) in [6.07, 6.45) is 0. The number of benzene rings is 2. The van der Waals surface area contributed by atoms with Crippen molar-refractivity contribution in [3.63, 3.8) is 0 Å². The zero-order valence-corrected chi connectivity index (χ0v) is 11.3. The van der Waals surface area contributed by atoms with Gasteiger partial charge in [0.2, 0.25) is 0 Å². The highest BCUT2D eigenvalue weighted by Gasteiger charge is 2.13. The molecule has 0 fully saturated rings. The van der Waals surface area contributed by atoms with E-state index < -0.39 is 0 Å². The Labute approximate surface area is 103 Å². The molecule has 2 aromatic carbocycles. The van der Waals surface area contributed by atoms with Crippen LogP contribution in [0.3, 0.4) is 0 Å². The Morgan fingerprint density at radius 3 is 2.06 bits per heavy atom. The van der Waals surface area contributed by atoms with Crippen LogP contribution in [-0.2, 0) is 6.61 Å². The van der Waals surface area contributed by atoms with E-state index in [1.165, 1.54) is 38.6 Å². The van der Waals surface area contributed by atoms with E-state index in [9.17, 15) is 5.11 Å². The average molecular weight is 228 g/mol. The molecule has 2 rings (SSSR count). The van der Waals surface area contributed by atoms with Gasteiger partial charge >= 0.3 is 0 Å². The second-order valence-electron chi connectivity index (χ2n) is 4.94. The van der Waals surface area contributed by atoms with Gasteiger partial charge in [-0.25, -0.2) is 0 Å². The third-order valence-electron chi connectivity index (χ3n) is 4.14. The van der Waals surface area contributed by atoms with Crippen molar-refractivity contribution in [1.29, 1.82) is 0 Å². The van der Waals surface area contributed by atoms with Crippen LogP contribution in [0.4, 0.5) is 0 Å². The van der Waals surface area contributed by atoms with Crippen LogP contribution < -0.4 is 0 Å². The topological polar surface area (TPSA) is 20.2 Å². The quantitative estimate of drug-likeness (QED) is 0.785. The second kappa shape index (κ2) is 4.15. The van der Waals surface area contributed by atoms with Crippen molar-refractivity contribution in [3.8, 4) is 0 Å². The van der Waals surface area contributed by atoms with Gasteiger partial charge in [-0.15, -0.1) is 0 Å². The zero-order chi connectivity index (χ0) is 12.7. The van der Waals surface area contributed by atoms with E-state index >= 15 is 0 Å². The molecule has 17 heavy (non-hydrogen) atoms. The minimum atomic E-state index is 0.126. The molecule has 0 aliphatic carbocycles. The maximum Gasteiger partial charge on any atom is 0.0687 e. The maximum absolute atomic E-state index is 9.51. The summed E-state index contributed by atoms with van der Waals surface area (Å²) in [5.41, 5.74) is 7.51. The zero-order valence-electron chi connectivity index (χ0n) is 11.3. The van der Waals surface area contributed by atoms with E-state index in [2.05, 4.69) is 46.8 Å². The van der Waals surface area contributed by atoms with Gasteiger partial charge in [0.15, 0.2) is 0 Å². The Balaban J connectivity index is 3.04. The van der Waals surface area contributed by atoms with Crippen LogP contribution in [-0.4, -0.2) is 5.11 Å². The smallest absolute Gasteiger partial charge is 0.0687 e. The van der Waals surface area contributed by atoms with Crippen molar-refractivity contribution in [2.75, 3.05) is 0 Å². The summed E-state index contributed by atoms with van der Waals surface area (Å²) in [5, 5.41) is 12.1. The first kappa shape index (κ1) is 12.1. The molecule has 0 bridgehead atoms. The minimum Gasteiger partial charge on any atom is -0.392 e. The summed E-state index contributed by atoms with van der Waals surface area (Å²) in [7, 11) is 0. The Hall–Kier alpha value is -1.34. The van der Waals surface area contributed by atoms with Crippen molar-refractivity contribution in [1.82, 2.24) is 0 Å². The molecule has 0 saturated carbocycles. The number of hydrogen-bond acceptors (Lipinski definition) is 1. The molecule has 0 radical (unpaired) electrons. The fraction of sp³-hybridized carbons (Fsp3) is 0.375. The first-order valence-corrected chi connectivity index (χ1v) is 6.08. The molecule has 0 aromatic heterocycles. The molecule has 0 heterocycles. The van der Waals surface area contributed by atoms with Gasteiger partial charge in [0.05, 0.1) is 6.61 Å². The molecule has 0 amide bonds. The van der Waals surface area contributed by atoms with Crippen LogP contribution in [0.25, 0.3) is 10.8 Å². The lowest BCUT2D eigenvalue weighted by atomic mass is 9.88. The van der Waals surface area contributed by atoms with Gasteiger partial charge in [-0.1, -0.05) is 12.1 Å². The minimum absolute atomic E-state index is 0.126. The van der Waals surface area contributed by atoms with Crippen LogP contribution in [0.2, 0.25) is 0 Å². The second-order valence-corrected chi connectivity index (χ2v) is 4.94. The van der Waals surface area contributed by atoms with Crippen molar-refractivity contribution in [3.05, 3.63) is 45.5 Å². The lowest BCUT2D eigenvalue weighted by molar-refractivity contribution is 0.280. The maximum atomic E-state index is 9.51. The number of rotatable bonds is 1. The van der Waals surface area contributed by atoms with Crippen molar-refractivity contribution in [2.24, 2.45) is 0 Å². The molecule has 0 aliphatic rings. The third-order valence-corrected chi connectivity index (χ3v) is 4.14. The predicted octanol–water partition coefficient (Wildman–Crippen LogP) is 3.87. The number of aryl methyl sites for hydroxylation is 4. The van der Waals surface area contributed by atoms with Gasteiger partial charge < -0.3 is 5.11 Å². The molecule has 1 nitrogen and oxygen atoms in total. The van der Waals surface area contributed by atoms with Crippen LogP contribution in [0, 0.1) is 34.6 Å². The Kier molecular flexibility index (Phi) is 2.96. The highest BCUT2D eigenvalue weighted by molar-refractivity contribution is 5.94. The number of hydrogen-bond donors (Lipinski definition) is 1. The molecular formula is C16H20O. The molecule has 0 saturated heterocycles. The van der Waals surface area contributed by atoms with E-state index in [4.69, 9.17) is 0 Å². The van der Waals surface area contributed by atoms with E-state index in [0.717, 1.165) is 5.56 Å². The lowest BCUT2D eigenvalue weighted by Gasteiger charge is -2.18. The van der Waals surface area contributed by atoms with Crippen molar-refractivity contribution in [2.45, 2.75) is 41.2 Å². The normalized spacial score (nSPS) is 11.2. The Bertz CT molecular complexity index is 594. The number of aliphatic hydroxyl groups is 1. The number of fused-ring (bicyclic) bond motifs is 1. The van der Waals surface area contributed by atoms with E-state index in [-0.39, 0.29) is 6.61 Å². The molecule has 0 unspecified atom stereocenters. The lowest BCUT2D eigenvalue weighted by Crippen LogP contribution is -2.00. The van der Waals surface area contributed by atoms with Gasteiger partial charge in [-0.3, -0.25) is 0 Å². The SMILES string of the molecule is Cc1ccc2c(C)c(CO)c(C)c(C)c2c1C. The van der Waals surface area contributed by atoms with Crippen LogP contribution in [0.1, 0.15) is 33.4 Å². The van der Waals surface area contributed by atoms with Crippen LogP contribution in [0.15, 0.2) is 12.1 Å². The monoisotopic (exact) mass is 228 g/mol. The molecule has 1 heteroatoms. The molecule has 1 N–H and O–H groups in total. The highest BCUT2D eigenvalue weighted by Crippen LogP contribution is 2.32. The van der Waals surface area contributed by atoms with E-state index in [0.29, 0.717) is 0 Å². The van der Waals surface area contributed by atoms with Gasteiger partial charge in [0.1, 0.15) is 0 Å². The fourth-order valence-electron chi connectivity index (χ4n) is 2.71. The van der Waals surface area contributed by atoms with Crippen LogP contribution in [0.5, 0.6) is 0 Å². The largest absolute Gasteiger partial charge is 0.392 e. The molecule has 0 spiro atoms. The first-order valence-electron chi connectivity index (χ1n) is 6.08. The van der Waals surface area contributed by atoms with E-state index in [1.807, 2.05) is 0 Å². The summed E-state index contributed by atoms with van der Waals surface area (Å²) in [6, 6.07) is 4.35. The standard InChI is InChI=1S/C16H20O/c1-9-6-7-14-13(5)15(8-17)11(3)12(4)16(14)10(9)2/h6-7,17H,8H2,1-5H3. The highest BCUT2D eigenvalue weighted by atomic mass is 16.3. The molecular weight excluding hydrogens is 208 g/mol. The summed E-state index contributed by atoms with van der Waals surface area (Å²) in [4.78, 5) is 0. The van der Waals surface area contributed by atoms with Crippen LogP contribution >= 0.6 is 0 Å². The van der Waals surface area contributed by atoms with Gasteiger partial charge in [-0.2, -0.15) is 0 Å². The molecule has 2 aromatic rings. The summed E-state index contributed by atoms with van der Waals surface area (Å²) < 4.78 is 0. The van der Waals surface area contributed by atoms with Crippen molar-refractivity contribution < 1.29 is 5.11 Å². The summed E-state index contributed by atoms with van der Waals surface area (Å²) in [6.45, 7) is 10.8.